The molecule has 18 heavy (non-hydrogen) atoms. The Morgan fingerprint density at radius 1 is 1.61 bits per heavy atom. The molecule has 1 aliphatic heterocycles. The maximum Gasteiger partial charge on any atom is 0.223 e. The van der Waals surface area contributed by atoms with Crippen LogP contribution < -0.4 is 11.1 Å². The minimum Gasteiger partial charge on any atom is -0.388 e. The van der Waals surface area contributed by atoms with Gasteiger partial charge in [-0.1, -0.05) is 12.2 Å². The second kappa shape index (κ2) is 4.43. The van der Waals surface area contributed by atoms with E-state index in [0.29, 0.717) is 18.1 Å². The second-order valence-corrected chi connectivity index (χ2v) is 7.28. The van der Waals surface area contributed by atoms with Crippen molar-refractivity contribution in [2.75, 3.05) is 16.8 Å². The van der Waals surface area contributed by atoms with Crippen LogP contribution in [0, 0.1) is 0 Å². The third kappa shape index (κ3) is 2.94. The summed E-state index contributed by atoms with van der Waals surface area (Å²) in [5, 5.41) is 3.05. The van der Waals surface area contributed by atoms with Crippen molar-refractivity contribution in [3.8, 4) is 0 Å². The molecule has 2 rings (SSSR count). The molecule has 8 heteroatoms. The van der Waals surface area contributed by atoms with Crippen LogP contribution in [0.25, 0.3) is 0 Å². The highest BCUT2D eigenvalue weighted by Gasteiger charge is 2.38. The third-order valence-electron chi connectivity index (χ3n) is 2.82. The van der Waals surface area contributed by atoms with Gasteiger partial charge < -0.3 is 11.1 Å². The highest BCUT2D eigenvalue weighted by atomic mass is 32.2. The smallest absolute Gasteiger partial charge is 0.223 e. The Labute approximate surface area is 111 Å². The van der Waals surface area contributed by atoms with Gasteiger partial charge in [0.2, 0.25) is 5.95 Å². The molecule has 1 saturated heterocycles. The van der Waals surface area contributed by atoms with Gasteiger partial charge in [-0.25, -0.2) is 18.4 Å². The summed E-state index contributed by atoms with van der Waals surface area (Å²) in [6.07, 6.45) is 2.08. The lowest BCUT2D eigenvalue weighted by molar-refractivity contribution is 0.569. The van der Waals surface area contributed by atoms with Crippen molar-refractivity contribution in [1.29, 1.82) is 0 Å². The summed E-state index contributed by atoms with van der Waals surface area (Å²) < 4.78 is 23.0. The monoisotopic (exact) mass is 286 g/mol. The maximum absolute atomic E-state index is 11.5. The molecule has 0 spiro atoms. The number of thiocarbonyl (C=S) groups is 1. The first-order valence-corrected chi connectivity index (χ1v) is 7.64. The third-order valence-corrected chi connectivity index (χ3v) is 4.94. The van der Waals surface area contributed by atoms with Gasteiger partial charge in [-0.3, -0.25) is 0 Å². The number of hydrogen-bond donors (Lipinski definition) is 2. The fraction of sp³-hybridized carbons (Fsp3) is 0.500. The predicted octanol–water partition coefficient (Wildman–Crippen LogP) is 0.0999. The van der Waals surface area contributed by atoms with Crippen LogP contribution in [0.3, 0.4) is 0 Å². The second-order valence-electron chi connectivity index (χ2n) is 4.66. The SMILES string of the molecule is CC1(Nc2nccc(C(N)=S)n2)CCS(=O)(=O)C1. The predicted molar refractivity (Wildman–Crippen MR) is 73.2 cm³/mol. The Kier molecular flexibility index (Phi) is 3.24. The summed E-state index contributed by atoms with van der Waals surface area (Å²) in [4.78, 5) is 8.38. The van der Waals surface area contributed by atoms with E-state index in [1.165, 1.54) is 6.20 Å². The first kappa shape index (κ1) is 13.2. The fourth-order valence-corrected chi connectivity index (χ4v) is 4.14. The molecule has 0 aliphatic carbocycles. The van der Waals surface area contributed by atoms with E-state index in [4.69, 9.17) is 18.0 Å². The lowest BCUT2D eigenvalue weighted by Crippen LogP contribution is -2.36. The summed E-state index contributed by atoms with van der Waals surface area (Å²) in [7, 11) is -2.97. The van der Waals surface area contributed by atoms with Crippen LogP contribution in [0.4, 0.5) is 5.95 Å². The summed E-state index contributed by atoms with van der Waals surface area (Å²) in [6, 6.07) is 1.61. The van der Waals surface area contributed by atoms with E-state index in [1.807, 2.05) is 6.92 Å². The van der Waals surface area contributed by atoms with Gasteiger partial charge in [0.15, 0.2) is 9.84 Å². The molecule has 0 saturated carbocycles. The van der Waals surface area contributed by atoms with Gasteiger partial charge in [-0.05, 0) is 19.4 Å². The van der Waals surface area contributed by atoms with Gasteiger partial charge in [-0.2, -0.15) is 0 Å². The Morgan fingerprint density at radius 2 is 2.33 bits per heavy atom. The number of sulfone groups is 1. The largest absolute Gasteiger partial charge is 0.388 e. The van der Waals surface area contributed by atoms with E-state index in [-0.39, 0.29) is 16.5 Å². The number of nitrogens with two attached hydrogens (primary N) is 1. The quantitative estimate of drug-likeness (QED) is 0.760. The van der Waals surface area contributed by atoms with Gasteiger partial charge in [0.1, 0.15) is 10.7 Å². The van der Waals surface area contributed by atoms with Crippen LogP contribution in [0.15, 0.2) is 12.3 Å². The van der Waals surface area contributed by atoms with Crippen LogP contribution in [0.5, 0.6) is 0 Å². The molecule has 6 nitrogen and oxygen atoms in total. The first-order valence-electron chi connectivity index (χ1n) is 5.41. The molecule has 2 heterocycles. The lowest BCUT2D eigenvalue weighted by atomic mass is 10.0. The van der Waals surface area contributed by atoms with Crippen LogP contribution in [-0.2, 0) is 9.84 Å². The number of nitrogens with one attached hydrogen (secondary N) is 1. The molecule has 1 aromatic rings. The zero-order valence-electron chi connectivity index (χ0n) is 9.88. The molecule has 0 bridgehead atoms. The molecular weight excluding hydrogens is 272 g/mol. The van der Waals surface area contributed by atoms with Crippen LogP contribution in [-0.4, -0.2) is 40.4 Å². The summed E-state index contributed by atoms with van der Waals surface area (Å²) in [5.74, 6) is 0.617. The molecule has 98 valence electrons. The number of rotatable bonds is 3. The van der Waals surface area contributed by atoms with Crippen LogP contribution in [0.1, 0.15) is 19.0 Å². The molecular formula is C10H14N4O2S2. The average Bonchev–Trinajstić information content (AvgIpc) is 2.53. The fourth-order valence-electron chi connectivity index (χ4n) is 1.94. The molecule has 1 aromatic heterocycles. The Bertz CT molecular complexity index is 587. The highest BCUT2D eigenvalue weighted by molar-refractivity contribution is 7.91. The van der Waals surface area contributed by atoms with Gasteiger partial charge in [0.25, 0.3) is 0 Å². The Balaban J connectivity index is 2.20. The van der Waals surface area contributed by atoms with Crippen molar-refractivity contribution in [3.05, 3.63) is 18.0 Å². The van der Waals surface area contributed by atoms with Gasteiger partial charge in [0.05, 0.1) is 17.0 Å². The van der Waals surface area contributed by atoms with Crippen molar-refractivity contribution in [2.24, 2.45) is 5.73 Å². The summed E-state index contributed by atoms with van der Waals surface area (Å²) in [5.41, 5.74) is 5.42. The van der Waals surface area contributed by atoms with E-state index in [9.17, 15) is 8.42 Å². The summed E-state index contributed by atoms with van der Waals surface area (Å²) >= 11 is 4.83. The van der Waals surface area contributed by atoms with Crippen molar-refractivity contribution in [3.63, 3.8) is 0 Å². The van der Waals surface area contributed by atoms with Crippen molar-refractivity contribution in [1.82, 2.24) is 9.97 Å². The highest BCUT2D eigenvalue weighted by Crippen LogP contribution is 2.25. The molecule has 1 atom stereocenters. The number of aromatic nitrogens is 2. The maximum atomic E-state index is 11.5. The minimum absolute atomic E-state index is 0.0840. The van der Waals surface area contributed by atoms with Crippen LogP contribution in [0.2, 0.25) is 0 Å². The average molecular weight is 286 g/mol. The Morgan fingerprint density at radius 3 is 2.89 bits per heavy atom. The van der Waals surface area contributed by atoms with E-state index in [0.717, 1.165) is 0 Å². The van der Waals surface area contributed by atoms with E-state index < -0.39 is 15.4 Å². The topological polar surface area (TPSA) is 98.0 Å². The number of anilines is 1. The van der Waals surface area contributed by atoms with E-state index >= 15 is 0 Å². The van der Waals surface area contributed by atoms with E-state index in [2.05, 4.69) is 15.3 Å². The zero-order valence-corrected chi connectivity index (χ0v) is 11.5. The van der Waals surface area contributed by atoms with E-state index in [1.54, 1.807) is 6.07 Å². The normalized spacial score (nSPS) is 25.8. The first-order chi connectivity index (χ1) is 8.30. The van der Waals surface area contributed by atoms with Gasteiger partial charge in [0, 0.05) is 6.20 Å². The molecule has 1 aliphatic rings. The zero-order chi connectivity index (χ0) is 13.4. The molecule has 0 amide bonds. The minimum atomic E-state index is -2.97. The lowest BCUT2D eigenvalue weighted by Gasteiger charge is -2.23. The van der Waals surface area contributed by atoms with Crippen molar-refractivity contribution >= 4 is 33.0 Å². The van der Waals surface area contributed by atoms with Gasteiger partial charge >= 0.3 is 0 Å². The molecule has 0 aromatic carbocycles. The molecule has 1 fully saturated rings. The Hall–Kier alpha value is -1.28. The number of nitrogens with zero attached hydrogens (tertiary/aromatic N) is 2. The number of hydrogen-bond acceptors (Lipinski definition) is 6. The van der Waals surface area contributed by atoms with Crippen molar-refractivity contribution in [2.45, 2.75) is 18.9 Å². The molecule has 1 unspecified atom stereocenters. The van der Waals surface area contributed by atoms with Crippen molar-refractivity contribution < 1.29 is 8.42 Å². The standard InChI is InChI=1S/C10H14N4O2S2/c1-10(3-5-18(15,16)6-10)14-9-12-4-2-7(13-9)8(11)17/h2,4H,3,5-6H2,1H3,(H2,11,17)(H,12,13,14). The van der Waals surface area contributed by atoms with Gasteiger partial charge in [-0.15, -0.1) is 0 Å². The van der Waals surface area contributed by atoms with Crippen LogP contribution >= 0.6 is 12.2 Å². The summed E-state index contributed by atoms with van der Waals surface area (Å²) in [6.45, 7) is 1.84. The molecule has 0 radical (unpaired) electrons. The molecule has 3 N–H and O–H groups in total.